The van der Waals surface area contributed by atoms with E-state index in [9.17, 15) is 9.18 Å². The Morgan fingerprint density at radius 1 is 1.22 bits per heavy atom. The fourth-order valence-corrected chi connectivity index (χ4v) is 3.40. The highest BCUT2D eigenvalue weighted by Gasteiger charge is 2.49. The number of nitrogens with zero attached hydrogens (tertiary/aromatic N) is 4. The van der Waals surface area contributed by atoms with Crippen molar-refractivity contribution in [2.45, 2.75) is 19.5 Å². The van der Waals surface area contributed by atoms with Crippen molar-refractivity contribution in [3.8, 4) is 11.3 Å². The zero-order valence-corrected chi connectivity index (χ0v) is 15.7. The number of hydrogen-bond acceptors (Lipinski definition) is 4. The number of halogens is 1. The highest BCUT2D eigenvalue weighted by Crippen LogP contribution is 2.28. The lowest BCUT2D eigenvalue weighted by Gasteiger charge is -2.42. The molecular formula is C20H22FN5O. The smallest absolute Gasteiger partial charge is 0.265 e. The number of anilines is 1. The van der Waals surface area contributed by atoms with Crippen LogP contribution in [-0.4, -0.2) is 50.6 Å². The molecule has 0 atom stereocenters. The Hall–Kier alpha value is -2.80. The van der Waals surface area contributed by atoms with E-state index in [0.29, 0.717) is 5.82 Å². The van der Waals surface area contributed by atoms with E-state index >= 15 is 0 Å². The number of imidazole rings is 1. The van der Waals surface area contributed by atoms with E-state index in [1.54, 1.807) is 12.3 Å². The zero-order valence-electron chi connectivity index (χ0n) is 15.7. The van der Waals surface area contributed by atoms with Gasteiger partial charge in [0.05, 0.1) is 11.9 Å². The van der Waals surface area contributed by atoms with Gasteiger partial charge in [0, 0.05) is 37.3 Å². The molecule has 6 nitrogen and oxygen atoms in total. The van der Waals surface area contributed by atoms with Crippen LogP contribution in [0.5, 0.6) is 0 Å². The molecular weight excluding hydrogens is 345 g/mol. The number of likely N-dealkylation sites (tertiary alicyclic amines) is 1. The summed E-state index contributed by atoms with van der Waals surface area (Å²) in [6.07, 6.45) is 3.52. The fourth-order valence-electron chi connectivity index (χ4n) is 3.40. The standard InChI is InChI=1S/C20H22FN5O/c1-4-26-11-20(21,12-26)19(27)24-18-8-16-7-14(5-6-15(16)9-23-18)17-10-22-13(2)25(17)3/h5-10H,4,11-12H2,1-3H3,(H,23,24,27). The van der Waals surface area contributed by atoms with Crippen LogP contribution in [-0.2, 0) is 11.8 Å². The Morgan fingerprint density at radius 2 is 2.00 bits per heavy atom. The van der Waals surface area contributed by atoms with E-state index in [1.807, 2.05) is 54.8 Å². The van der Waals surface area contributed by atoms with Crippen molar-refractivity contribution in [3.05, 3.63) is 42.5 Å². The maximum atomic E-state index is 14.6. The van der Waals surface area contributed by atoms with E-state index in [-0.39, 0.29) is 13.1 Å². The van der Waals surface area contributed by atoms with Crippen molar-refractivity contribution in [3.63, 3.8) is 0 Å². The summed E-state index contributed by atoms with van der Waals surface area (Å²) in [5.74, 6) is 0.665. The first-order chi connectivity index (χ1) is 12.9. The van der Waals surface area contributed by atoms with Crippen LogP contribution in [0.3, 0.4) is 0 Å². The SMILES string of the molecule is CCN1CC(F)(C(=O)Nc2cc3cc(-c4cnc(C)n4C)ccc3cn2)C1. The first kappa shape index (κ1) is 17.6. The number of aromatic nitrogens is 3. The van der Waals surface area contributed by atoms with Crippen LogP contribution in [0.4, 0.5) is 10.2 Å². The summed E-state index contributed by atoms with van der Waals surface area (Å²) in [5, 5.41) is 4.50. The highest BCUT2D eigenvalue weighted by atomic mass is 19.1. The number of benzene rings is 1. The highest BCUT2D eigenvalue weighted by molar-refractivity contribution is 5.99. The second-order valence-electron chi connectivity index (χ2n) is 7.10. The van der Waals surface area contributed by atoms with Crippen molar-refractivity contribution in [2.24, 2.45) is 7.05 Å². The molecule has 1 fully saturated rings. The van der Waals surface area contributed by atoms with E-state index in [1.165, 1.54) is 0 Å². The molecule has 0 spiro atoms. The summed E-state index contributed by atoms with van der Waals surface area (Å²) in [7, 11) is 1.97. The Morgan fingerprint density at radius 3 is 2.67 bits per heavy atom. The van der Waals surface area contributed by atoms with Gasteiger partial charge in [0.15, 0.2) is 0 Å². The molecule has 4 rings (SSSR count). The molecule has 1 amide bonds. The Balaban J connectivity index is 1.60. The molecule has 0 radical (unpaired) electrons. The third-order valence-corrected chi connectivity index (χ3v) is 5.28. The van der Waals surface area contributed by atoms with Crippen molar-refractivity contribution in [2.75, 3.05) is 25.0 Å². The number of pyridine rings is 1. The van der Waals surface area contributed by atoms with Gasteiger partial charge in [-0.3, -0.25) is 9.69 Å². The Kier molecular flexibility index (Phi) is 4.19. The van der Waals surface area contributed by atoms with E-state index in [2.05, 4.69) is 15.3 Å². The number of rotatable bonds is 4. The summed E-state index contributed by atoms with van der Waals surface area (Å²) in [5.41, 5.74) is 0.197. The zero-order chi connectivity index (χ0) is 19.2. The first-order valence-electron chi connectivity index (χ1n) is 9.01. The van der Waals surface area contributed by atoms with Gasteiger partial charge in [-0.15, -0.1) is 0 Å². The van der Waals surface area contributed by atoms with E-state index in [0.717, 1.165) is 34.4 Å². The van der Waals surface area contributed by atoms with Crippen LogP contribution in [0.1, 0.15) is 12.7 Å². The van der Waals surface area contributed by atoms with Gasteiger partial charge < -0.3 is 9.88 Å². The summed E-state index contributed by atoms with van der Waals surface area (Å²) < 4.78 is 16.6. The van der Waals surface area contributed by atoms with Gasteiger partial charge in [-0.2, -0.15) is 0 Å². The maximum Gasteiger partial charge on any atom is 0.265 e. The molecule has 27 heavy (non-hydrogen) atoms. The third kappa shape index (κ3) is 3.08. The predicted molar refractivity (Wildman–Crippen MR) is 103 cm³/mol. The van der Waals surface area contributed by atoms with Gasteiger partial charge in [0.25, 0.3) is 5.91 Å². The molecule has 0 saturated carbocycles. The average Bonchev–Trinajstić information content (AvgIpc) is 2.97. The molecule has 2 aromatic heterocycles. The molecule has 140 valence electrons. The first-order valence-corrected chi connectivity index (χ1v) is 9.01. The molecule has 7 heteroatoms. The molecule has 1 aliphatic rings. The van der Waals surface area contributed by atoms with Crippen LogP contribution < -0.4 is 5.32 Å². The van der Waals surface area contributed by atoms with Crippen LogP contribution in [0, 0.1) is 6.92 Å². The summed E-state index contributed by atoms with van der Waals surface area (Å²) >= 11 is 0. The number of nitrogens with one attached hydrogen (secondary N) is 1. The fraction of sp³-hybridized carbons (Fsp3) is 0.350. The van der Waals surface area contributed by atoms with Crippen LogP contribution in [0.25, 0.3) is 22.0 Å². The number of fused-ring (bicyclic) bond motifs is 1. The van der Waals surface area contributed by atoms with Crippen molar-refractivity contribution in [1.82, 2.24) is 19.4 Å². The van der Waals surface area contributed by atoms with Crippen molar-refractivity contribution >= 4 is 22.5 Å². The van der Waals surface area contributed by atoms with Gasteiger partial charge in [0.1, 0.15) is 11.6 Å². The average molecular weight is 367 g/mol. The third-order valence-electron chi connectivity index (χ3n) is 5.28. The molecule has 3 aromatic rings. The lowest BCUT2D eigenvalue weighted by molar-refractivity contribution is -0.139. The Labute approximate surface area is 157 Å². The minimum Gasteiger partial charge on any atom is -0.331 e. The molecule has 0 unspecified atom stereocenters. The number of alkyl halides is 1. The number of hydrogen-bond donors (Lipinski definition) is 1. The minimum absolute atomic E-state index is 0.132. The lowest BCUT2D eigenvalue weighted by atomic mass is 9.95. The summed E-state index contributed by atoms with van der Waals surface area (Å²) in [6.45, 7) is 4.90. The number of amides is 1. The van der Waals surface area contributed by atoms with Crippen LogP contribution in [0.15, 0.2) is 36.7 Å². The molecule has 0 aliphatic carbocycles. The van der Waals surface area contributed by atoms with Crippen molar-refractivity contribution < 1.29 is 9.18 Å². The topological polar surface area (TPSA) is 63.1 Å². The Bertz CT molecular complexity index is 1020. The molecule has 1 saturated heterocycles. The molecule has 3 heterocycles. The monoisotopic (exact) mass is 367 g/mol. The van der Waals surface area contributed by atoms with Gasteiger partial charge >= 0.3 is 0 Å². The van der Waals surface area contributed by atoms with E-state index in [4.69, 9.17) is 0 Å². The van der Waals surface area contributed by atoms with Gasteiger partial charge in [-0.25, -0.2) is 14.4 Å². The molecule has 1 aliphatic heterocycles. The molecule has 1 aromatic carbocycles. The quantitative estimate of drug-likeness (QED) is 0.770. The van der Waals surface area contributed by atoms with Gasteiger partial charge in [-0.05, 0) is 31.0 Å². The second kappa shape index (κ2) is 6.42. The van der Waals surface area contributed by atoms with Crippen LogP contribution in [0.2, 0.25) is 0 Å². The lowest BCUT2D eigenvalue weighted by Crippen LogP contribution is -2.64. The molecule has 0 bridgehead atoms. The normalized spacial score (nSPS) is 16.3. The largest absolute Gasteiger partial charge is 0.331 e. The maximum absolute atomic E-state index is 14.6. The predicted octanol–water partition coefficient (Wildman–Crippen LogP) is 2.93. The number of carbonyl (C=O) groups is 1. The van der Waals surface area contributed by atoms with Gasteiger partial charge in [-0.1, -0.05) is 19.1 Å². The minimum atomic E-state index is -1.83. The van der Waals surface area contributed by atoms with Gasteiger partial charge in [0.2, 0.25) is 5.67 Å². The van der Waals surface area contributed by atoms with E-state index < -0.39 is 11.6 Å². The summed E-state index contributed by atoms with van der Waals surface area (Å²) in [4.78, 5) is 22.8. The number of aryl methyl sites for hydroxylation is 1. The van der Waals surface area contributed by atoms with Crippen LogP contribution >= 0.6 is 0 Å². The second-order valence-corrected chi connectivity index (χ2v) is 7.10. The summed E-state index contributed by atoms with van der Waals surface area (Å²) in [6, 6.07) is 7.80. The van der Waals surface area contributed by atoms with Crippen molar-refractivity contribution in [1.29, 1.82) is 0 Å². The number of carbonyl (C=O) groups excluding carboxylic acids is 1. The molecule has 1 N–H and O–H groups in total.